The molecule has 0 bridgehead atoms. The van der Waals surface area contributed by atoms with Gasteiger partial charge in [-0.15, -0.1) is 0 Å². The molecule has 0 aliphatic heterocycles. The van der Waals surface area contributed by atoms with Crippen LogP contribution in [0, 0.1) is 0 Å². The first kappa shape index (κ1) is 41.4. The third-order valence-corrected chi connectivity index (χ3v) is 7.09. The predicted octanol–water partition coefficient (Wildman–Crippen LogP) is -3.39. The van der Waals surface area contributed by atoms with Crippen molar-refractivity contribution in [1.82, 2.24) is 26.6 Å². The minimum absolute atomic E-state index is 0.0424. The number of hydrogen-bond donors (Lipinski definition) is 11. The lowest BCUT2D eigenvalue weighted by Gasteiger charge is -2.24. The number of rotatable bonds is 24. The van der Waals surface area contributed by atoms with Crippen LogP contribution < -0.4 is 38.1 Å². The van der Waals surface area contributed by atoms with Crippen LogP contribution in [0.25, 0.3) is 0 Å². The fraction of sp³-hybridized carbons (Fsp3) is 0.680. The number of nitrogens with two attached hydrogens (primary N) is 2. The summed E-state index contributed by atoms with van der Waals surface area (Å²) in [6, 6.07) is -6.73. The van der Waals surface area contributed by atoms with E-state index in [4.69, 9.17) is 21.7 Å². The number of nitrogens with one attached hydrogen (secondary N) is 5. The number of unbranched alkanes of at least 4 members (excludes halogenated alkanes) is 1. The van der Waals surface area contributed by atoms with E-state index in [2.05, 4.69) is 39.2 Å². The third kappa shape index (κ3) is 18.1. The maximum absolute atomic E-state index is 12.9. The Kier molecular flexibility index (Phi) is 21.0. The molecule has 0 spiro atoms. The van der Waals surface area contributed by atoms with Gasteiger partial charge in [0.1, 0.15) is 24.2 Å². The lowest BCUT2D eigenvalue weighted by Crippen LogP contribution is -2.57. The molecule has 0 radical (unpaired) electrons. The van der Waals surface area contributed by atoms with E-state index in [1.165, 1.54) is 11.8 Å². The normalized spacial score (nSPS) is 14.0. The fourth-order valence-electron chi connectivity index (χ4n) is 3.60. The van der Waals surface area contributed by atoms with E-state index in [9.17, 15) is 43.5 Å². The molecule has 0 fully saturated rings. The van der Waals surface area contributed by atoms with Gasteiger partial charge in [-0.2, -0.15) is 24.4 Å². The number of carboxylic acids is 3. The van der Waals surface area contributed by atoms with Crippen molar-refractivity contribution in [3.8, 4) is 0 Å². The van der Waals surface area contributed by atoms with Crippen molar-refractivity contribution in [2.24, 2.45) is 11.5 Å². The summed E-state index contributed by atoms with van der Waals surface area (Å²) in [5, 5.41) is 38.8. The molecule has 0 aromatic rings. The maximum atomic E-state index is 12.9. The summed E-state index contributed by atoms with van der Waals surface area (Å²) < 4.78 is 0. The Morgan fingerprint density at radius 2 is 1.33 bits per heavy atom. The number of amides is 5. The van der Waals surface area contributed by atoms with Gasteiger partial charge in [0, 0.05) is 12.2 Å². The number of carbonyl (C=O) groups is 8. The standard InChI is InChI=1S/C25H43N7O11S2/c1-45-9-7-13(27)21(38)32-16(10-20(36)37)22(39)28-11-18(33)29-17(12-44)24(41)30-14(5-6-19(34)35)23(40)31-15(25(42)43)4-2-3-8-26/h13-17,44H,2-12,26-27H2,1H3,(H,28,39)(H,29,33)(H,30,41)(H,31,40)(H,32,38)(H,34,35)(H,36,37)(H,42,43)/t13-,14-,15-,16-,17-/m0/s1. The number of thioether (sulfide) groups is 1. The zero-order valence-electron chi connectivity index (χ0n) is 24.8. The van der Waals surface area contributed by atoms with Gasteiger partial charge in [-0.25, -0.2) is 4.79 Å². The van der Waals surface area contributed by atoms with E-state index < -0.39 is 103 Å². The van der Waals surface area contributed by atoms with Crippen molar-refractivity contribution in [3.05, 3.63) is 0 Å². The van der Waals surface area contributed by atoms with Crippen molar-refractivity contribution in [2.75, 3.05) is 30.9 Å². The zero-order chi connectivity index (χ0) is 34.5. The molecule has 0 aliphatic rings. The molecule has 0 rings (SSSR count). The van der Waals surface area contributed by atoms with E-state index in [-0.39, 0.29) is 18.6 Å². The highest BCUT2D eigenvalue weighted by molar-refractivity contribution is 7.98. The summed E-state index contributed by atoms with van der Waals surface area (Å²) in [5.74, 6) is -8.38. The number of hydrogen-bond acceptors (Lipinski definition) is 12. The summed E-state index contributed by atoms with van der Waals surface area (Å²) in [6.07, 6.45) is 1.26. The van der Waals surface area contributed by atoms with Crippen LogP contribution in [0.3, 0.4) is 0 Å². The molecular weight excluding hydrogens is 638 g/mol. The van der Waals surface area contributed by atoms with Crippen molar-refractivity contribution < 1.29 is 53.7 Å². The van der Waals surface area contributed by atoms with Gasteiger partial charge in [0.25, 0.3) is 0 Å². The number of carboxylic acid groups (broad SMARTS) is 3. The van der Waals surface area contributed by atoms with Crippen LogP contribution in [0.1, 0.15) is 44.9 Å². The molecule has 256 valence electrons. The summed E-state index contributed by atoms with van der Waals surface area (Å²) in [6.45, 7) is -0.433. The second-order valence-corrected chi connectivity index (χ2v) is 11.1. The van der Waals surface area contributed by atoms with Crippen molar-refractivity contribution >= 4 is 71.8 Å². The SMILES string of the molecule is CSCC[C@H](N)C(=O)N[C@@H](CC(=O)O)C(=O)NCC(=O)N[C@@H](CS)C(=O)N[C@@H](CCC(=O)O)C(=O)N[C@@H](CCCCN)C(=O)O. The topological polar surface area (TPSA) is 309 Å². The van der Waals surface area contributed by atoms with Crippen LogP contribution >= 0.6 is 24.4 Å². The summed E-state index contributed by atoms with van der Waals surface area (Å²) in [4.78, 5) is 96.9. The van der Waals surface area contributed by atoms with Crippen molar-refractivity contribution in [3.63, 3.8) is 0 Å². The Bertz CT molecular complexity index is 1050. The van der Waals surface area contributed by atoms with Crippen molar-refractivity contribution in [1.29, 1.82) is 0 Å². The molecule has 0 aromatic carbocycles. The minimum Gasteiger partial charge on any atom is -0.481 e. The summed E-state index contributed by atoms with van der Waals surface area (Å²) in [7, 11) is 0. The molecule has 18 nitrogen and oxygen atoms in total. The Hall–Kier alpha value is -3.62. The van der Waals surface area contributed by atoms with E-state index in [1.807, 2.05) is 0 Å². The van der Waals surface area contributed by atoms with Crippen LogP contribution in [0.5, 0.6) is 0 Å². The van der Waals surface area contributed by atoms with Gasteiger partial charge in [0.05, 0.1) is 19.0 Å². The lowest BCUT2D eigenvalue weighted by molar-refractivity contribution is -0.143. The van der Waals surface area contributed by atoms with Crippen LogP contribution in [0.15, 0.2) is 0 Å². The first-order chi connectivity index (χ1) is 21.2. The molecule has 0 saturated carbocycles. The maximum Gasteiger partial charge on any atom is 0.326 e. The largest absolute Gasteiger partial charge is 0.481 e. The van der Waals surface area contributed by atoms with Crippen LogP contribution in [-0.4, -0.2) is 124 Å². The molecule has 5 atom stereocenters. The summed E-state index contributed by atoms with van der Waals surface area (Å²) in [5.41, 5.74) is 11.2. The molecule has 0 heterocycles. The quantitative estimate of drug-likeness (QED) is 0.0350. The zero-order valence-corrected chi connectivity index (χ0v) is 26.5. The fourth-order valence-corrected chi connectivity index (χ4v) is 4.35. The molecule has 0 unspecified atom stereocenters. The minimum atomic E-state index is -1.55. The smallest absolute Gasteiger partial charge is 0.326 e. The van der Waals surface area contributed by atoms with Gasteiger partial charge < -0.3 is 53.4 Å². The second-order valence-electron chi connectivity index (χ2n) is 9.74. The average Bonchev–Trinajstić information content (AvgIpc) is 2.97. The number of carbonyl (C=O) groups excluding carboxylic acids is 5. The lowest BCUT2D eigenvalue weighted by atomic mass is 10.1. The van der Waals surface area contributed by atoms with Gasteiger partial charge in [0.2, 0.25) is 29.5 Å². The van der Waals surface area contributed by atoms with Crippen LogP contribution in [0.2, 0.25) is 0 Å². The Morgan fingerprint density at radius 3 is 1.87 bits per heavy atom. The number of aliphatic carboxylic acids is 3. The highest BCUT2D eigenvalue weighted by atomic mass is 32.2. The molecule has 45 heavy (non-hydrogen) atoms. The molecule has 0 saturated heterocycles. The van der Waals surface area contributed by atoms with Gasteiger partial charge in [-0.1, -0.05) is 0 Å². The Labute approximate surface area is 269 Å². The second kappa shape index (κ2) is 22.8. The van der Waals surface area contributed by atoms with E-state index >= 15 is 0 Å². The van der Waals surface area contributed by atoms with Crippen LogP contribution in [-0.2, 0) is 38.4 Å². The molecule has 0 aliphatic carbocycles. The molecule has 5 amide bonds. The predicted molar refractivity (Wildman–Crippen MR) is 165 cm³/mol. The average molecular weight is 682 g/mol. The Morgan fingerprint density at radius 1 is 0.733 bits per heavy atom. The Balaban J connectivity index is 5.37. The molecule has 20 heteroatoms. The van der Waals surface area contributed by atoms with E-state index in [0.29, 0.717) is 25.1 Å². The first-order valence-electron chi connectivity index (χ1n) is 13.9. The molecular formula is C25H43N7O11S2. The monoisotopic (exact) mass is 681 g/mol. The van der Waals surface area contributed by atoms with Crippen molar-refractivity contribution in [2.45, 2.75) is 75.2 Å². The van der Waals surface area contributed by atoms with Gasteiger partial charge >= 0.3 is 17.9 Å². The molecule has 12 N–H and O–H groups in total. The first-order valence-corrected chi connectivity index (χ1v) is 15.9. The van der Waals surface area contributed by atoms with Gasteiger partial charge in [-0.3, -0.25) is 33.6 Å². The van der Waals surface area contributed by atoms with E-state index in [1.54, 1.807) is 6.26 Å². The van der Waals surface area contributed by atoms with Gasteiger partial charge in [0.15, 0.2) is 0 Å². The number of thiol groups is 1. The van der Waals surface area contributed by atoms with Crippen LogP contribution in [0.4, 0.5) is 0 Å². The summed E-state index contributed by atoms with van der Waals surface area (Å²) >= 11 is 5.44. The highest BCUT2D eigenvalue weighted by Gasteiger charge is 2.30. The van der Waals surface area contributed by atoms with Gasteiger partial charge in [-0.05, 0) is 50.7 Å². The van der Waals surface area contributed by atoms with E-state index in [0.717, 1.165) is 0 Å². The molecule has 0 aromatic heterocycles. The third-order valence-electron chi connectivity index (χ3n) is 6.08. The highest BCUT2D eigenvalue weighted by Crippen LogP contribution is 2.05.